The molecule has 2 aromatic rings. The zero-order valence-electron chi connectivity index (χ0n) is 8.06. The molecule has 15 heavy (non-hydrogen) atoms. The van der Waals surface area contributed by atoms with Crippen molar-refractivity contribution in [2.75, 3.05) is 12.4 Å². The molecule has 2 aromatic heterocycles. The number of pyridine rings is 1. The van der Waals surface area contributed by atoms with Crippen LogP contribution in [0.15, 0.2) is 23.8 Å². The van der Waals surface area contributed by atoms with Crippen LogP contribution in [0.25, 0.3) is 10.6 Å². The largest absolute Gasteiger partial charge is 0.372 e. The molecule has 0 aliphatic rings. The highest BCUT2D eigenvalue weighted by molar-refractivity contribution is 7.13. The molecular weight excluding hydrogens is 208 g/mol. The molecule has 0 aliphatic carbocycles. The molecule has 0 spiro atoms. The predicted octanol–water partition coefficient (Wildman–Crippen LogP) is 2.12. The summed E-state index contributed by atoms with van der Waals surface area (Å²) in [5.74, 6) is 0.600. The Kier molecular flexibility index (Phi) is 2.61. The van der Waals surface area contributed by atoms with Crippen molar-refractivity contribution in [1.29, 1.82) is 5.26 Å². The lowest BCUT2D eigenvalue weighted by Crippen LogP contribution is -1.96. The normalized spacial score (nSPS) is 9.60. The third kappa shape index (κ3) is 1.80. The van der Waals surface area contributed by atoms with Gasteiger partial charge in [-0.15, -0.1) is 11.3 Å². The molecule has 0 aliphatic heterocycles. The molecule has 0 fully saturated rings. The minimum absolute atomic E-state index is 0.547. The van der Waals surface area contributed by atoms with Crippen LogP contribution in [0.1, 0.15) is 5.56 Å². The Balaban J connectivity index is 2.49. The van der Waals surface area contributed by atoms with Crippen LogP contribution in [0, 0.1) is 11.3 Å². The van der Waals surface area contributed by atoms with Gasteiger partial charge < -0.3 is 5.32 Å². The Morgan fingerprint density at radius 2 is 2.33 bits per heavy atom. The number of nitrogens with zero attached hydrogens (tertiary/aromatic N) is 3. The molecule has 0 radical (unpaired) electrons. The Hall–Kier alpha value is -1.93. The van der Waals surface area contributed by atoms with E-state index in [9.17, 15) is 0 Å². The van der Waals surface area contributed by atoms with Gasteiger partial charge in [0.1, 0.15) is 11.9 Å². The van der Waals surface area contributed by atoms with Crippen molar-refractivity contribution < 1.29 is 0 Å². The highest BCUT2D eigenvalue weighted by Gasteiger charge is 2.06. The lowest BCUT2D eigenvalue weighted by Gasteiger charge is -2.03. The van der Waals surface area contributed by atoms with Crippen LogP contribution in [0.3, 0.4) is 0 Å². The zero-order valence-corrected chi connectivity index (χ0v) is 8.88. The third-order valence-electron chi connectivity index (χ3n) is 1.94. The molecule has 5 heteroatoms. The van der Waals surface area contributed by atoms with Gasteiger partial charge in [-0.1, -0.05) is 0 Å². The van der Waals surface area contributed by atoms with E-state index in [0.29, 0.717) is 11.4 Å². The van der Waals surface area contributed by atoms with Crippen molar-refractivity contribution in [2.45, 2.75) is 0 Å². The van der Waals surface area contributed by atoms with Crippen LogP contribution in [0.5, 0.6) is 0 Å². The monoisotopic (exact) mass is 216 g/mol. The zero-order chi connectivity index (χ0) is 10.7. The summed E-state index contributed by atoms with van der Waals surface area (Å²) in [4.78, 5) is 9.33. The number of nitrogens with one attached hydrogen (secondary N) is 1. The summed E-state index contributed by atoms with van der Waals surface area (Å²) < 4.78 is 0. The number of nitriles is 1. The van der Waals surface area contributed by atoms with Gasteiger partial charge in [-0.2, -0.15) is 5.26 Å². The van der Waals surface area contributed by atoms with Crippen molar-refractivity contribution in [3.8, 4) is 16.6 Å². The first-order valence-corrected chi connectivity index (χ1v) is 5.21. The molecule has 0 unspecified atom stereocenters. The number of aromatic nitrogens is 2. The van der Waals surface area contributed by atoms with E-state index >= 15 is 0 Å². The number of rotatable bonds is 2. The standard InChI is InChI=1S/C10H8N4S/c1-12-10-7(4-11)2-3-8(14-10)9-5-13-6-15-9/h2-3,5-6H,1H3,(H,12,14). The van der Waals surface area contributed by atoms with Gasteiger partial charge in [0.05, 0.1) is 21.6 Å². The molecule has 0 atom stereocenters. The van der Waals surface area contributed by atoms with Crippen LogP contribution in [-0.2, 0) is 0 Å². The first-order valence-electron chi connectivity index (χ1n) is 4.33. The lowest BCUT2D eigenvalue weighted by molar-refractivity contribution is 1.27. The SMILES string of the molecule is CNc1nc(-c2cncs2)ccc1C#N. The summed E-state index contributed by atoms with van der Waals surface area (Å²) in [5.41, 5.74) is 3.14. The second-order valence-electron chi connectivity index (χ2n) is 2.82. The molecule has 74 valence electrons. The Morgan fingerprint density at radius 1 is 1.47 bits per heavy atom. The van der Waals surface area contributed by atoms with Crippen molar-refractivity contribution in [2.24, 2.45) is 0 Å². The quantitative estimate of drug-likeness (QED) is 0.835. The summed E-state index contributed by atoms with van der Waals surface area (Å²) in [6.45, 7) is 0. The number of thiazole rings is 1. The van der Waals surface area contributed by atoms with E-state index in [-0.39, 0.29) is 0 Å². The first kappa shape index (κ1) is 9.62. The Bertz CT molecular complexity index is 499. The highest BCUT2D eigenvalue weighted by atomic mass is 32.1. The molecule has 4 nitrogen and oxygen atoms in total. The van der Waals surface area contributed by atoms with Gasteiger partial charge in [-0.3, -0.25) is 4.98 Å². The lowest BCUT2D eigenvalue weighted by atomic mass is 10.2. The number of anilines is 1. The second kappa shape index (κ2) is 4.07. The average Bonchev–Trinajstić information content (AvgIpc) is 2.81. The molecular formula is C10H8N4S. The van der Waals surface area contributed by atoms with E-state index in [0.717, 1.165) is 10.6 Å². The summed E-state index contributed by atoms with van der Waals surface area (Å²) in [6.07, 6.45) is 1.76. The molecule has 0 saturated carbocycles. The van der Waals surface area contributed by atoms with Gasteiger partial charge in [0.25, 0.3) is 0 Å². The van der Waals surface area contributed by atoms with Gasteiger partial charge in [0.15, 0.2) is 0 Å². The maximum absolute atomic E-state index is 8.83. The summed E-state index contributed by atoms with van der Waals surface area (Å²) in [5, 5.41) is 11.7. The van der Waals surface area contributed by atoms with Gasteiger partial charge in [-0.05, 0) is 12.1 Å². The van der Waals surface area contributed by atoms with Crippen molar-refractivity contribution in [3.63, 3.8) is 0 Å². The molecule has 0 amide bonds. The van der Waals surface area contributed by atoms with E-state index in [2.05, 4.69) is 21.4 Å². The van der Waals surface area contributed by atoms with Gasteiger partial charge in [0.2, 0.25) is 0 Å². The Labute approximate surface area is 91.2 Å². The summed E-state index contributed by atoms with van der Waals surface area (Å²) >= 11 is 1.52. The maximum atomic E-state index is 8.83. The van der Waals surface area contributed by atoms with Crippen molar-refractivity contribution in [1.82, 2.24) is 9.97 Å². The van der Waals surface area contributed by atoms with E-state index in [1.165, 1.54) is 11.3 Å². The predicted molar refractivity (Wildman–Crippen MR) is 59.6 cm³/mol. The smallest absolute Gasteiger partial charge is 0.144 e. The van der Waals surface area contributed by atoms with Gasteiger partial charge >= 0.3 is 0 Å². The van der Waals surface area contributed by atoms with E-state index in [4.69, 9.17) is 5.26 Å². The van der Waals surface area contributed by atoms with Crippen LogP contribution >= 0.6 is 11.3 Å². The fourth-order valence-electron chi connectivity index (χ4n) is 1.22. The van der Waals surface area contributed by atoms with Crippen molar-refractivity contribution in [3.05, 3.63) is 29.4 Å². The van der Waals surface area contributed by atoms with E-state index in [1.54, 1.807) is 24.8 Å². The highest BCUT2D eigenvalue weighted by Crippen LogP contribution is 2.23. The van der Waals surface area contributed by atoms with Crippen molar-refractivity contribution >= 4 is 17.2 Å². The van der Waals surface area contributed by atoms with E-state index in [1.807, 2.05) is 6.07 Å². The molecule has 2 rings (SSSR count). The third-order valence-corrected chi connectivity index (χ3v) is 2.73. The molecule has 0 aromatic carbocycles. The Morgan fingerprint density at radius 3 is 2.93 bits per heavy atom. The van der Waals surface area contributed by atoms with Crippen LogP contribution < -0.4 is 5.32 Å². The summed E-state index contributed by atoms with van der Waals surface area (Å²) in [7, 11) is 1.75. The minimum Gasteiger partial charge on any atom is -0.372 e. The number of hydrogen-bond acceptors (Lipinski definition) is 5. The van der Waals surface area contributed by atoms with Gasteiger partial charge in [0, 0.05) is 13.2 Å². The molecule has 2 heterocycles. The van der Waals surface area contributed by atoms with E-state index < -0.39 is 0 Å². The first-order chi connectivity index (χ1) is 7.35. The van der Waals surface area contributed by atoms with Crippen LogP contribution in [0.2, 0.25) is 0 Å². The minimum atomic E-state index is 0.547. The fraction of sp³-hybridized carbons (Fsp3) is 0.100. The second-order valence-corrected chi connectivity index (χ2v) is 3.71. The molecule has 1 N–H and O–H groups in total. The van der Waals surface area contributed by atoms with Crippen LogP contribution in [0.4, 0.5) is 5.82 Å². The average molecular weight is 216 g/mol. The topological polar surface area (TPSA) is 61.6 Å². The fourth-order valence-corrected chi connectivity index (χ4v) is 1.81. The van der Waals surface area contributed by atoms with Gasteiger partial charge in [-0.25, -0.2) is 4.98 Å². The summed E-state index contributed by atoms with van der Waals surface area (Å²) in [6, 6.07) is 5.67. The molecule has 0 saturated heterocycles. The maximum Gasteiger partial charge on any atom is 0.144 e. The molecule has 0 bridgehead atoms. The van der Waals surface area contributed by atoms with Crippen LogP contribution in [-0.4, -0.2) is 17.0 Å². The number of hydrogen-bond donors (Lipinski definition) is 1.